The lowest BCUT2D eigenvalue weighted by molar-refractivity contribution is 0.415. The van der Waals surface area contributed by atoms with Crippen LogP contribution < -0.4 is 4.74 Å². The second kappa shape index (κ2) is 7.92. The van der Waals surface area contributed by atoms with Crippen LogP contribution in [0.4, 0.5) is 0 Å². The molecule has 0 aromatic heterocycles. The minimum absolute atomic E-state index is 0.344. The molecule has 2 nitrogen and oxygen atoms in total. The first-order valence-electron chi connectivity index (χ1n) is 8.04. The maximum Gasteiger partial charge on any atom is 0.119 e. The summed E-state index contributed by atoms with van der Waals surface area (Å²) in [5.41, 5.74) is 1.24. The van der Waals surface area contributed by atoms with Crippen LogP contribution in [0.3, 0.4) is 0 Å². The molecule has 1 N–H and O–H groups in total. The van der Waals surface area contributed by atoms with Crippen molar-refractivity contribution >= 4 is 10.8 Å². The molecule has 2 aromatic rings. The summed E-state index contributed by atoms with van der Waals surface area (Å²) in [6, 6.07) is 9.79. The average Bonchev–Trinajstić information content (AvgIpc) is 2.49. The van der Waals surface area contributed by atoms with Gasteiger partial charge in [0.25, 0.3) is 0 Å². The standard InChI is InChI=1S/C19H26O2/c1-3-4-5-6-7-8-9-15-12-17(20)13-16-14-18(21-2)10-11-19(15)16/h10-14,20H,3-9H2,1-2H3. The van der Waals surface area contributed by atoms with E-state index in [4.69, 9.17) is 4.74 Å². The lowest BCUT2D eigenvalue weighted by Crippen LogP contribution is -1.90. The predicted octanol–water partition coefficient (Wildman–Crippen LogP) is 5.46. The highest BCUT2D eigenvalue weighted by Crippen LogP contribution is 2.29. The molecule has 0 radical (unpaired) electrons. The molecule has 0 bridgehead atoms. The maximum atomic E-state index is 9.91. The van der Waals surface area contributed by atoms with Gasteiger partial charge >= 0.3 is 0 Å². The van der Waals surface area contributed by atoms with E-state index in [0.29, 0.717) is 5.75 Å². The second-order valence-corrected chi connectivity index (χ2v) is 5.71. The SMILES string of the molecule is CCCCCCCCc1cc(O)cc2cc(OC)ccc12. The van der Waals surface area contributed by atoms with E-state index in [-0.39, 0.29) is 0 Å². The number of aryl methyl sites for hydroxylation is 1. The van der Waals surface area contributed by atoms with Crippen molar-refractivity contribution in [1.29, 1.82) is 0 Å². The highest BCUT2D eigenvalue weighted by Gasteiger charge is 2.05. The monoisotopic (exact) mass is 286 g/mol. The smallest absolute Gasteiger partial charge is 0.119 e. The average molecular weight is 286 g/mol. The lowest BCUT2D eigenvalue weighted by Gasteiger charge is -2.09. The van der Waals surface area contributed by atoms with Crippen molar-refractivity contribution in [2.24, 2.45) is 0 Å². The van der Waals surface area contributed by atoms with Crippen LogP contribution in [0.1, 0.15) is 51.0 Å². The van der Waals surface area contributed by atoms with E-state index in [1.54, 1.807) is 7.11 Å². The third kappa shape index (κ3) is 4.38. The molecule has 0 saturated heterocycles. The van der Waals surface area contributed by atoms with Crippen molar-refractivity contribution in [2.45, 2.75) is 51.9 Å². The number of ether oxygens (including phenoxy) is 1. The van der Waals surface area contributed by atoms with E-state index in [0.717, 1.165) is 17.6 Å². The van der Waals surface area contributed by atoms with Gasteiger partial charge in [-0.15, -0.1) is 0 Å². The number of hydrogen-bond acceptors (Lipinski definition) is 2. The molecule has 0 spiro atoms. The van der Waals surface area contributed by atoms with Crippen LogP contribution in [-0.2, 0) is 6.42 Å². The van der Waals surface area contributed by atoms with Crippen LogP contribution in [0.25, 0.3) is 10.8 Å². The summed E-state index contributed by atoms with van der Waals surface area (Å²) in [6.45, 7) is 2.24. The highest BCUT2D eigenvalue weighted by atomic mass is 16.5. The Morgan fingerprint density at radius 3 is 2.48 bits per heavy atom. The van der Waals surface area contributed by atoms with Crippen molar-refractivity contribution in [3.63, 3.8) is 0 Å². The Hall–Kier alpha value is -1.70. The van der Waals surface area contributed by atoms with Crippen LogP contribution in [-0.4, -0.2) is 12.2 Å². The summed E-state index contributed by atoms with van der Waals surface area (Å²) in [4.78, 5) is 0. The largest absolute Gasteiger partial charge is 0.508 e. The minimum Gasteiger partial charge on any atom is -0.508 e. The molecule has 0 atom stereocenters. The van der Waals surface area contributed by atoms with Crippen LogP contribution in [0, 0.1) is 0 Å². The first-order chi connectivity index (χ1) is 10.2. The molecule has 2 aromatic carbocycles. The number of methoxy groups -OCH3 is 1. The van der Waals surface area contributed by atoms with E-state index >= 15 is 0 Å². The van der Waals surface area contributed by atoms with Crippen molar-refractivity contribution in [1.82, 2.24) is 0 Å². The van der Waals surface area contributed by atoms with Gasteiger partial charge in [-0.05, 0) is 53.4 Å². The van der Waals surface area contributed by atoms with Gasteiger partial charge in [0.1, 0.15) is 11.5 Å². The molecule has 0 unspecified atom stereocenters. The van der Waals surface area contributed by atoms with Crippen molar-refractivity contribution in [3.8, 4) is 11.5 Å². The Morgan fingerprint density at radius 1 is 0.952 bits per heavy atom. The van der Waals surface area contributed by atoms with Crippen LogP contribution >= 0.6 is 0 Å². The zero-order valence-corrected chi connectivity index (χ0v) is 13.2. The first kappa shape index (κ1) is 15.7. The van der Waals surface area contributed by atoms with Crippen LogP contribution in [0.15, 0.2) is 30.3 Å². The van der Waals surface area contributed by atoms with Gasteiger partial charge in [-0.3, -0.25) is 0 Å². The van der Waals surface area contributed by atoms with Crippen molar-refractivity contribution in [2.75, 3.05) is 7.11 Å². The number of benzene rings is 2. The van der Waals surface area contributed by atoms with Gasteiger partial charge in [-0.1, -0.05) is 45.1 Å². The van der Waals surface area contributed by atoms with Gasteiger partial charge in [-0.2, -0.15) is 0 Å². The van der Waals surface area contributed by atoms with Crippen molar-refractivity contribution < 1.29 is 9.84 Å². The van der Waals surface area contributed by atoms with Gasteiger partial charge in [0.05, 0.1) is 7.11 Å². The Labute approximate surface area is 127 Å². The maximum absolute atomic E-state index is 9.91. The molecule has 0 heterocycles. The summed E-state index contributed by atoms with van der Waals surface area (Å²) in [7, 11) is 1.67. The number of phenols is 1. The van der Waals surface area contributed by atoms with Crippen molar-refractivity contribution in [3.05, 3.63) is 35.9 Å². The molecule has 21 heavy (non-hydrogen) atoms. The molecule has 0 aliphatic carbocycles. The molecule has 0 aliphatic rings. The first-order valence-corrected chi connectivity index (χ1v) is 8.04. The zero-order valence-electron chi connectivity index (χ0n) is 13.2. The van der Waals surface area contributed by atoms with E-state index < -0.39 is 0 Å². The number of aromatic hydroxyl groups is 1. The van der Waals surface area contributed by atoms with E-state index in [1.165, 1.54) is 49.5 Å². The fourth-order valence-electron chi connectivity index (χ4n) is 2.84. The van der Waals surface area contributed by atoms with E-state index in [9.17, 15) is 5.11 Å². The molecule has 0 aliphatic heterocycles. The van der Waals surface area contributed by atoms with Gasteiger partial charge in [0.15, 0.2) is 0 Å². The lowest BCUT2D eigenvalue weighted by atomic mass is 9.98. The Bertz CT molecular complexity index is 575. The van der Waals surface area contributed by atoms with Gasteiger partial charge in [0, 0.05) is 0 Å². The van der Waals surface area contributed by atoms with Crippen LogP contribution in [0.2, 0.25) is 0 Å². The fourth-order valence-corrected chi connectivity index (χ4v) is 2.84. The second-order valence-electron chi connectivity index (χ2n) is 5.71. The fraction of sp³-hybridized carbons (Fsp3) is 0.474. The minimum atomic E-state index is 0.344. The highest BCUT2D eigenvalue weighted by molar-refractivity contribution is 5.88. The van der Waals surface area contributed by atoms with Gasteiger partial charge in [0.2, 0.25) is 0 Å². The number of hydrogen-bond donors (Lipinski definition) is 1. The number of fused-ring (bicyclic) bond motifs is 1. The molecule has 114 valence electrons. The normalized spacial score (nSPS) is 11.0. The molecule has 2 heteroatoms. The third-order valence-corrected chi connectivity index (χ3v) is 4.03. The topological polar surface area (TPSA) is 29.5 Å². The van der Waals surface area contributed by atoms with Crippen LogP contribution in [0.5, 0.6) is 11.5 Å². The van der Waals surface area contributed by atoms with E-state index in [2.05, 4.69) is 13.0 Å². The molecule has 0 saturated carbocycles. The Kier molecular flexibility index (Phi) is 5.91. The molecule has 0 amide bonds. The molecular formula is C19H26O2. The zero-order chi connectivity index (χ0) is 15.1. The summed E-state index contributed by atoms with van der Waals surface area (Å²) in [5.74, 6) is 1.18. The summed E-state index contributed by atoms with van der Waals surface area (Å²) in [6.07, 6.45) is 8.78. The molecular weight excluding hydrogens is 260 g/mol. The number of rotatable bonds is 8. The van der Waals surface area contributed by atoms with Gasteiger partial charge < -0.3 is 9.84 Å². The molecule has 0 fully saturated rings. The predicted molar refractivity (Wildman–Crippen MR) is 89.2 cm³/mol. The van der Waals surface area contributed by atoms with Gasteiger partial charge in [-0.25, -0.2) is 0 Å². The number of phenolic OH excluding ortho intramolecular Hbond substituents is 1. The summed E-state index contributed by atoms with van der Waals surface area (Å²) < 4.78 is 5.26. The quantitative estimate of drug-likeness (QED) is 0.653. The van der Waals surface area contributed by atoms with E-state index in [1.807, 2.05) is 24.3 Å². The summed E-state index contributed by atoms with van der Waals surface area (Å²) >= 11 is 0. The third-order valence-electron chi connectivity index (χ3n) is 4.03. The molecule has 2 rings (SSSR count). The summed E-state index contributed by atoms with van der Waals surface area (Å²) in [5, 5.41) is 12.2. The number of unbranched alkanes of at least 4 members (excludes halogenated alkanes) is 5. The Balaban J connectivity index is 2.05. The Morgan fingerprint density at radius 2 is 1.71 bits per heavy atom.